The highest BCUT2D eigenvalue weighted by Gasteiger charge is 2.37. The number of hydrogen-bond acceptors (Lipinski definition) is 5. The zero-order valence-electron chi connectivity index (χ0n) is 14.7. The normalized spacial score (nSPS) is 25.3. The van der Waals surface area contributed by atoms with Crippen LogP contribution in [0, 0.1) is 11.7 Å². The van der Waals surface area contributed by atoms with E-state index in [1.54, 1.807) is 9.62 Å². The van der Waals surface area contributed by atoms with Gasteiger partial charge in [-0.05, 0) is 44.2 Å². The summed E-state index contributed by atoms with van der Waals surface area (Å²) in [4.78, 5) is 13.4. The molecule has 0 saturated carbocycles. The molecule has 2 N–H and O–H groups in total. The minimum Gasteiger partial charge on any atom is -0.448 e. The van der Waals surface area contributed by atoms with E-state index in [1.165, 1.54) is 12.8 Å². The highest BCUT2D eigenvalue weighted by Crippen LogP contribution is 2.22. The van der Waals surface area contributed by atoms with Crippen molar-refractivity contribution in [2.24, 2.45) is 5.92 Å². The highest BCUT2D eigenvalue weighted by atomic mass is 35.5. The third-order valence-corrected chi connectivity index (χ3v) is 6.28. The first-order valence-corrected chi connectivity index (χ1v) is 10.8. The summed E-state index contributed by atoms with van der Waals surface area (Å²) in [5, 5.41) is -0.290. The second kappa shape index (κ2) is 8.62. The topological polar surface area (TPSA) is 86.1 Å². The van der Waals surface area contributed by atoms with E-state index in [0.717, 1.165) is 50.6 Å². The molecule has 2 heterocycles. The lowest BCUT2D eigenvalue weighted by Crippen LogP contribution is -3.18. The maximum Gasteiger partial charge on any atom is 0.423 e. The number of rotatable bonds is 5. The first-order valence-electron chi connectivity index (χ1n) is 9.03. The number of carbonyl (C=O) groups is 1. The first-order chi connectivity index (χ1) is 12.8. The molecule has 0 spiro atoms. The number of carbonyl (C=O) groups excluding carboxylic acids is 1. The van der Waals surface area contributed by atoms with Crippen LogP contribution in [0.15, 0.2) is 18.2 Å². The van der Waals surface area contributed by atoms with E-state index < -0.39 is 22.2 Å². The minimum absolute atomic E-state index is 0.178. The summed E-state index contributed by atoms with van der Waals surface area (Å²) in [5.74, 6) is -0.685. The van der Waals surface area contributed by atoms with Crippen molar-refractivity contribution >= 4 is 28.0 Å². The predicted molar refractivity (Wildman–Crippen MR) is 96.5 cm³/mol. The van der Waals surface area contributed by atoms with Gasteiger partial charge in [-0.2, -0.15) is 13.1 Å². The van der Waals surface area contributed by atoms with Gasteiger partial charge in [-0.1, -0.05) is 11.6 Å². The molecule has 0 aliphatic carbocycles. The molecule has 10 heteroatoms. The van der Waals surface area contributed by atoms with E-state index in [2.05, 4.69) is 0 Å². The van der Waals surface area contributed by atoms with Crippen LogP contribution in [0.4, 0.5) is 9.18 Å². The van der Waals surface area contributed by atoms with Crippen molar-refractivity contribution < 1.29 is 31.4 Å². The average Bonchev–Trinajstić information content (AvgIpc) is 2.62. The van der Waals surface area contributed by atoms with Crippen LogP contribution in [-0.4, -0.2) is 40.2 Å². The quantitative estimate of drug-likeness (QED) is 0.755. The molecule has 1 aromatic carbocycles. The van der Waals surface area contributed by atoms with E-state index in [4.69, 9.17) is 20.5 Å². The van der Waals surface area contributed by atoms with Crippen molar-refractivity contribution in [1.29, 1.82) is 0 Å². The monoisotopic (exact) mass is 421 g/mol. The Morgan fingerprint density at radius 1 is 1.26 bits per heavy atom. The Morgan fingerprint density at radius 3 is 2.81 bits per heavy atom. The highest BCUT2D eigenvalue weighted by molar-refractivity contribution is 7.85. The lowest BCUT2D eigenvalue weighted by Gasteiger charge is -2.40. The summed E-state index contributed by atoms with van der Waals surface area (Å²) < 4.78 is 48.5. The Bertz CT molecular complexity index is 790. The lowest BCUT2D eigenvalue weighted by atomic mass is 9.84. The van der Waals surface area contributed by atoms with Crippen molar-refractivity contribution in [2.45, 2.75) is 38.1 Å². The molecular weight excluding hydrogens is 399 g/mol. The summed E-state index contributed by atoms with van der Waals surface area (Å²) in [5.41, 5.74) is 0. The smallest absolute Gasteiger partial charge is 0.423 e. The van der Waals surface area contributed by atoms with E-state index in [9.17, 15) is 17.6 Å². The zero-order valence-corrected chi connectivity index (χ0v) is 16.3. The molecule has 27 heavy (non-hydrogen) atoms. The number of hydrogen-bond donors (Lipinski definition) is 2. The number of fused-ring (bicyclic) bond motifs is 1. The van der Waals surface area contributed by atoms with Crippen molar-refractivity contribution in [3.05, 3.63) is 29.0 Å². The SMILES string of the molecule is O=C(NS(=O)(=O)Oc1ccc(F)c(Cl)c1)OCC1CCC[NH+]2CCCCC12. The van der Waals surface area contributed by atoms with Crippen LogP contribution in [0.25, 0.3) is 0 Å². The summed E-state index contributed by atoms with van der Waals surface area (Å²) >= 11 is 5.58. The fourth-order valence-electron chi connectivity index (χ4n) is 3.97. The molecule has 2 aliphatic heterocycles. The van der Waals surface area contributed by atoms with Crippen molar-refractivity contribution in [2.75, 3.05) is 19.7 Å². The Labute approximate surface area is 163 Å². The molecule has 150 valence electrons. The summed E-state index contributed by atoms with van der Waals surface area (Å²) in [6, 6.07) is 3.53. The molecule has 3 atom stereocenters. The molecule has 0 radical (unpaired) electrons. The molecule has 3 unspecified atom stereocenters. The van der Waals surface area contributed by atoms with Gasteiger partial charge >= 0.3 is 16.4 Å². The van der Waals surface area contributed by atoms with Gasteiger partial charge in [0.25, 0.3) is 0 Å². The molecule has 3 rings (SSSR count). The minimum atomic E-state index is -4.45. The molecule has 0 bridgehead atoms. The van der Waals surface area contributed by atoms with Gasteiger partial charge in [0.15, 0.2) is 0 Å². The van der Waals surface area contributed by atoms with Gasteiger partial charge in [0.2, 0.25) is 0 Å². The summed E-state index contributed by atoms with van der Waals surface area (Å²) in [7, 11) is -4.45. The molecule has 0 aromatic heterocycles. The number of quaternary nitrogens is 1. The largest absolute Gasteiger partial charge is 0.448 e. The molecule has 2 saturated heterocycles. The van der Waals surface area contributed by atoms with E-state index >= 15 is 0 Å². The summed E-state index contributed by atoms with van der Waals surface area (Å²) in [6.07, 6.45) is 4.47. The van der Waals surface area contributed by atoms with Gasteiger partial charge in [-0.25, -0.2) is 9.18 Å². The van der Waals surface area contributed by atoms with Crippen LogP contribution in [-0.2, 0) is 15.0 Å². The third kappa shape index (κ3) is 5.46. The van der Waals surface area contributed by atoms with Gasteiger partial charge in [-0.3, -0.25) is 0 Å². The number of piperidine rings is 2. The molecule has 1 amide bonds. The van der Waals surface area contributed by atoms with Gasteiger partial charge in [0.1, 0.15) is 18.2 Å². The molecule has 1 aromatic rings. The third-order valence-electron chi connectivity index (χ3n) is 5.16. The van der Waals surface area contributed by atoms with Crippen LogP contribution in [0.5, 0.6) is 5.75 Å². The van der Waals surface area contributed by atoms with Crippen molar-refractivity contribution in [3.8, 4) is 5.75 Å². The number of benzene rings is 1. The number of nitrogens with one attached hydrogen (secondary N) is 2. The van der Waals surface area contributed by atoms with Crippen LogP contribution in [0.3, 0.4) is 0 Å². The van der Waals surface area contributed by atoms with Crippen LogP contribution in [0.2, 0.25) is 5.02 Å². The Kier molecular flexibility index (Phi) is 6.44. The van der Waals surface area contributed by atoms with E-state index in [1.807, 2.05) is 0 Å². The molecule has 2 aliphatic rings. The Balaban J connectivity index is 1.51. The standard InChI is InChI=1S/C17H22ClFN2O5S/c18-14-10-13(6-7-15(14)19)26-27(23,24)20-17(22)25-11-12-4-3-9-21-8-2-1-5-16(12)21/h6-7,10,12,16H,1-5,8-9,11H2,(H,20,22)/p+1. The Morgan fingerprint density at radius 2 is 2.04 bits per heavy atom. The van der Waals surface area contributed by atoms with Gasteiger partial charge in [0.05, 0.1) is 24.2 Å². The van der Waals surface area contributed by atoms with Gasteiger partial charge in [-0.15, -0.1) is 0 Å². The predicted octanol–water partition coefficient (Wildman–Crippen LogP) is 1.68. The van der Waals surface area contributed by atoms with E-state index in [-0.39, 0.29) is 23.3 Å². The molecule has 7 nitrogen and oxygen atoms in total. The molecule has 2 fully saturated rings. The number of ether oxygens (including phenoxy) is 1. The lowest BCUT2D eigenvalue weighted by molar-refractivity contribution is -0.940. The van der Waals surface area contributed by atoms with E-state index in [0.29, 0.717) is 6.04 Å². The fraction of sp³-hybridized carbons (Fsp3) is 0.588. The second-order valence-corrected chi connectivity index (χ2v) is 8.66. The van der Waals surface area contributed by atoms with Crippen LogP contribution < -0.4 is 13.8 Å². The summed E-state index contributed by atoms with van der Waals surface area (Å²) in [6.45, 7) is 2.48. The second-order valence-electron chi connectivity index (χ2n) is 6.98. The number of amides is 1. The Hall–Kier alpha value is -1.58. The van der Waals surface area contributed by atoms with Crippen molar-refractivity contribution in [1.82, 2.24) is 4.72 Å². The maximum absolute atomic E-state index is 13.1. The maximum atomic E-state index is 13.1. The number of halogens is 2. The average molecular weight is 422 g/mol. The zero-order chi connectivity index (χ0) is 19.4. The molecular formula is C17H23ClFN2O5S+. The van der Waals surface area contributed by atoms with Crippen molar-refractivity contribution in [3.63, 3.8) is 0 Å². The van der Waals surface area contributed by atoms with Gasteiger partial charge in [0, 0.05) is 12.0 Å². The van der Waals surface area contributed by atoms with Gasteiger partial charge < -0.3 is 13.8 Å². The first kappa shape index (κ1) is 20.2. The fourth-order valence-corrected chi connectivity index (χ4v) is 4.80. The van der Waals surface area contributed by atoms with Crippen LogP contribution >= 0.6 is 11.6 Å². The van der Waals surface area contributed by atoms with Crippen LogP contribution in [0.1, 0.15) is 32.1 Å².